The van der Waals surface area contributed by atoms with E-state index in [9.17, 15) is 4.79 Å². The average Bonchev–Trinajstić information content (AvgIpc) is 2.44. The Labute approximate surface area is 137 Å². The van der Waals surface area contributed by atoms with E-state index in [1.807, 2.05) is 24.3 Å². The molecule has 0 bridgehead atoms. The molecule has 1 amide bonds. The van der Waals surface area contributed by atoms with Crippen molar-refractivity contribution in [2.24, 2.45) is 11.8 Å². The minimum Gasteiger partial charge on any atom is -0.352 e. The summed E-state index contributed by atoms with van der Waals surface area (Å²) in [4.78, 5) is 12.1. The van der Waals surface area contributed by atoms with Gasteiger partial charge in [0.1, 0.15) is 0 Å². The van der Waals surface area contributed by atoms with Crippen LogP contribution in [0.15, 0.2) is 24.3 Å². The van der Waals surface area contributed by atoms with E-state index < -0.39 is 0 Å². The van der Waals surface area contributed by atoms with E-state index in [-0.39, 0.29) is 5.91 Å². The average molecular weight is 326 g/mol. The molecule has 0 spiro atoms. The van der Waals surface area contributed by atoms with Gasteiger partial charge in [-0.3, -0.25) is 4.79 Å². The van der Waals surface area contributed by atoms with Crippen LogP contribution in [0.5, 0.6) is 0 Å². The third kappa shape index (κ3) is 5.23. The first-order valence-corrected chi connectivity index (χ1v) is 9.21. The van der Waals surface area contributed by atoms with Gasteiger partial charge in [-0.1, -0.05) is 50.4 Å². The molecule has 1 aliphatic carbocycles. The highest BCUT2D eigenvalue weighted by atomic mass is 35.5. The van der Waals surface area contributed by atoms with Crippen LogP contribution in [-0.2, 0) is 10.5 Å². The van der Waals surface area contributed by atoms with Gasteiger partial charge in [0.05, 0.1) is 5.75 Å². The highest BCUT2D eigenvalue weighted by Crippen LogP contribution is 2.29. The van der Waals surface area contributed by atoms with Crippen molar-refractivity contribution in [1.29, 1.82) is 0 Å². The lowest BCUT2D eigenvalue weighted by atomic mass is 9.78. The highest BCUT2D eigenvalue weighted by Gasteiger charge is 2.27. The van der Waals surface area contributed by atoms with Crippen LogP contribution in [0, 0.1) is 11.8 Å². The summed E-state index contributed by atoms with van der Waals surface area (Å²) in [5.74, 6) is 2.80. The van der Waals surface area contributed by atoms with E-state index in [1.165, 1.54) is 18.4 Å². The fraction of sp³-hybridized carbons (Fsp3) is 0.588. The predicted octanol–water partition coefficient (Wildman–Crippen LogP) is 4.51. The zero-order valence-electron chi connectivity index (χ0n) is 12.8. The zero-order valence-corrected chi connectivity index (χ0v) is 14.3. The number of halogens is 1. The molecule has 1 aliphatic rings. The van der Waals surface area contributed by atoms with Gasteiger partial charge in [0, 0.05) is 16.8 Å². The SMILES string of the molecule is C[C@H]1[C@H](C)CCC[C@@H]1NC(=O)CSCc1cccc(Cl)c1. The van der Waals surface area contributed by atoms with E-state index in [2.05, 4.69) is 19.2 Å². The Balaban J connectivity index is 1.72. The molecule has 0 aliphatic heterocycles. The van der Waals surface area contributed by atoms with Gasteiger partial charge in [0.25, 0.3) is 0 Å². The van der Waals surface area contributed by atoms with Crippen molar-refractivity contribution in [3.8, 4) is 0 Å². The van der Waals surface area contributed by atoms with Crippen molar-refractivity contribution in [2.75, 3.05) is 5.75 Å². The molecule has 1 aromatic rings. The maximum atomic E-state index is 12.1. The third-order valence-electron chi connectivity index (χ3n) is 4.44. The minimum absolute atomic E-state index is 0.160. The fourth-order valence-electron chi connectivity index (χ4n) is 2.92. The lowest BCUT2D eigenvalue weighted by molar-refractivity contribution is -0.119. The van der Waals surface area contributed by atoms with Crippen molar-refractivity contribution in [1.82, 2.24) is 5.32 Å². The predicted molar refractivity (Wildman–Crippen MR) is 91.7 cm³/mol. The summed E-state index contributed by atoms with van der Waals surface area (Å²) >= 11 is 7.60. The van der Waals surface area contributed by atoms with Crippen molar-refractivity contribution in [3.63, 3.8) is 0 Å². The molecule has 1 N–H and O–H groups in total. The molecular weight excluding hydrogens is 302 g/mol. The van der Waals surface area contributed by atoms with Crippen LogP contribution in [-0.4, -0.2) is 17.7 Å². The first-order valence-electron chi connectivity index (χ1n) is 7.68. The number of rotatable bonds is 5. The number of amides is 1. The molecule has 0 aromatic heterocycles. The Kier molecular flexibility index (Phi) is 6.43. The number of thioether (sulfide) groups is 1. The summed E-state index contributed by atoms with van der Waals surface area (Å²) in [6.45, 7) is 4.55. The molecule has 1 aromatic carbocycles. The first-order chi connectivity index (χ1) is 10.1. The summed E-state index contributed by atoms with van der Waals surface area (Å²) in [5.41, 5.74) is 1.17. The summed E-state index contributed by atoms with van der Waals surface area (Å²) in [6, 6.07) is 8.17. The molecule has 21 heavy (non-hydrogen) atoms. The van der Waals surface area contributed by atoms with Crippen molar-refractivity contribution in [2.45, 2.75) is 44.9 Å². The van der Waals surface area contributed by atoms with Crippen molar-refractivity contribution < 1.29 is 4.79 Å². The first kappa shape index (κ1) is 16.7. The quantitative estimate of drug-likeness (QED) is 0.862. The van der Waals surface area contributed by atoms with Crippen molar-refractivity contribution >= 4 is 29.3 Å². The van der Waals surface area contributed by atoms with Crippen LogP contribution < -0.4 is 5.32 Å². The van der Waals surface area contributed by atoms with Gasteiger partial charge in [-0.05, 0) is 36.0 Å². The Morgan fingerprint density at radius 1 is 1.38 bits per heavy atom. The Bertz CT molecular complexity index is 480. The second kappa shape index (κ2) is 8.09. The minimum atomic E-state index is 0.160. The van der Waals surface area contributed by atoms with Gasteiger partial charge in [0.2, 0.25) is 5.91 Å². The molecule has 2 nitrogen and oxygen atoms in total. The van der Waals surface area contributed by atoms with Gasteiger partial charge in [-0.15, -0.1) is 11.8 Å². The summed E-state index contributed by atoms with van der Waals surface area (Å²) < 4.78 is 0. The van der Waals surface area contributed by atoms with E-state index in [1.54, 1.807) is 11.8 Å². The van der Waals surface area contributed by atoms with Crippen LogP contribution in [0.25, 0.3) is 0 Å². The fourth-order valence-corrected chi connectivity index (χ4v) is 3.92. The molecule has 3 atom stereocenters. The van der Waals surface area contributed by atoms with Crippen LogP contribution in [0.1, 0.15) is 38.7 Å². The number of hydrogen-bond acceptors (Lipinski definition) is 2. The van der Waals surface area contributed by atoms with Crippen LogP contribution >= 0.6 is 23.4 Å². The number of benzene rings is 1. The number of carbonyl (C=O) groups excluding carboxylic acids is 1. The molecule has 2 rings (SSSR count). The largest absolute Gasteiger partial charge is 0.352 e. The van der Waals surface area contributed by atoms with E-state index >= 15 is 0 Å². The van der Waals surface area contributed by atoms with Crippen molar-refractivity contribution in [3.05, 3.63) is 34.9 Å². The van der Waals surface area contributed by atoms with Crippen LogP contribution in [0.3, 0.4) is 0 Å². The molecule has 0 unspecified atom stereocenters. The number of hydrogen-bond donors (Lipinski definition) is 1. The Morgan fingerprint density at radius 2 is 2.19 bits per heavy atom. The molecule has 116 valence electrons. The summed E-state index contributed by atoms with van der Waals surface area (Å²) in [6.07, 6.45) is 3.64. The summed E-state index contributed by atoms with van der Waals surface area (Å²) in [7, 11) is 0. The summed E-state index contributed by atoms with van der Waals surface area (Å²) in [5, 5.41) is 3.96. The van der Waals surface area contributed by atoms with Crippen LogP contribution in [0.2, 0.25) is 5.02 Å². The maximum Gasteiger partial charge on any atom is 0.230 e. The van der Waals surface area contributed by atoms with E-state index in [0.29, 0.717) is 23.6 Å². The Morgan fingerprint density at radius 3 is 2.95 bits per heavy atom. The monoisotopic (exact) mass is 325 g/mol. The van der Waals surface area contributed by atoms with Gasteiger partial charge < -0.3 is 5.32 Å². The second-order valence-electron chi connectivity index (χ2n) is 6.06. The number of carbonyl (C=O) groups is 1. The number of nitrogens with one attached hydrogen (secondary N) is 1. The molecule has 0 saturated heterocycles. The highest BCUT2D eigenvalue weighted by molar-refractivity contribution is 7.99. The van der Waals surface area contributed by atoms with Gasteiger partial charge in [-0.25, -0.2) is 0 Å². The molecule has 1 saturated carbocycles. The Hall–Kier alpha value is -0.670. The zero-order chi connectivity index (χ0) is 15.2. The lowest BCUT2D eigenvalue weighted by Crippen LogP contribution is -2.44. The lowest BCUT2D eigenvalue weighted by Gasteiger charge is -2.34. The molecule has 4 heteroatoms. The molecule has 0 heterocycles. The van der Waals surface area contributed by atoms with Gasteiger partial charge in [-0.2, -0.15) is 0 Å². The standard InChI is InChI=1S/C17H24ClNOS/c1-12-5-3-8-16(13(12)2)19-17(20)11-21-10-14-6-4-7-15(18)9-14/h4,6-7,9,12-13,16H,3,5,8,10-11H2,1-2H3,(H,19,20)/t12-,13+,16+/m1/s1. The third-order valence-corrected chi connectivity index (χ3v) is 5.68. The molecule has 1 fully saturated rings. The van der Waals surface area contributed by atoms with Crippen LogP contribution in [0.4, 0.5) is 0 Å². The molecular formula is C17H24ClNOS. The maximum absolute atomic E-state index is 12.1. The second-order valence-corrected chi connectivity index (χ2v) is 7.49. The topological polar surface area (TPSA) is 29.1 Å². The normalized spacial score (nSPS) is 25.6. The van der Waals surface area contributed by atoms with Gasteiger partial charge >= 0.3 is 0 Å². The van der Waals surface area contributed by atoms with E-state index in [4.69, 9.17) is 11.6 Å². The molecule has 0 radical (unpaired) electrons. The van der Waals surface area contributed by atoms with Gasteiger partial charge in [0.15, 0.2) is 0 Å². The smallest absolute Gasteiger partial charge is 0.230 e. The van der Waals surface area contributed by atoms with E-state index in [0.717, 1.165) is 17.2 Å².